The average Bonchev–Trinajstić information content (AvgIpc) is 2.87. The zero-order valence-corrected chi connectivity index (χ0v) is 18.2. The molecule has 8 heteroatoms. The highest BCUT2D eigenvalue weighted by Gasteiger charge is 2.53. The Morgan fingerprint density at radius 1 is 1.06 bits per heavy atom. The number of fused-ring (bicyclic) bond motifs is 2. The van der Waals surface area contributed by atoms with Crippen molar-refractivity contribution in [3.05, 3.63) is 59.2 Å². The highest BCUT2D eigenvalue weighted by atomic mass is 32.2. The van der Waals surface area contributed by atoms with Crippen molar-refractivity contribution in [2.45, 2.75) is 55.3 Å². The van der Waals surface area contributed by atoms with Gasteiger partial charge in [-0.3, -0.25) is 4.79 Å². The highest BCUT2D eigenvalue weighted by molar-refractivity contribution is 7.92. The minimum absolute atomic E-state index is 0.0498. The van der Waals surface area contributed by atoms with Crippen molar-refractivity contribution >= 4 is 21.4 Å². The van der Waals surface area contributed by atoms with E-state index in [9.17, 15) is 27.1 Å². The molecular formula is C23H25F2NO4S. The van der Waals surface area contributed by atoms with Crippen LogP contribution in [0.4, 0.5) is 14.5 Å². The van der Waals surface area contributed by atoms with Crippen molar-refractivity contribution in [3.63, 3.8) is 0 Å². The van der Waals surface area contributed by atoms with Gasteiger partial charge in [0.25, 0.3) is 5.91 Å². The predicted octanol–water partition coefficient (Wildman–Crippen LogP) is 4.24. The molecule has 0 spiro atoms. The van der Waals surface area contributed by atoms with E-state index in [-0.39, 0.29) is 28.0 Å². The van der Waals surface area contributed by atoms with Gasteiger partial charge in [0.2, 0.25) is 0 Å². The number of hydrogen-bond acceptors (Lipinski definition) is 4. The number of carbonyl (C=O) groups is 1. The molecule has 4 rings (SSSR count). The number of anilines is 1. The van der Waals surface area contributed by atoms with Crippen LogP contribution in [0, 0.1) is 30.4 Å². The van der Waals surface area contributed by atoms with Crippen molar-refractivity contribution in [1.82, 2.24) is 0 Å². The SMILES string of the molecule is Cc1ccc(C(=O)Nc2ccc(F)c(F)c2)cc1S(=O)(=O)C1CC2CC[C@@H](C1)C2(C)O. The zero-order valence-electron chi connectivity index (χ0n) is 17.4. The number of halogens is 2. The van der Waals surface area contributed by atoms with Gasteiger partial charge in [0.1, 0.15) is 0 Å². The third kappa shape index (κ3) is 3.87. The lowest BCUT2D eigenvalue weighted by molar-refractivity contribution is -0.0413. The van der Waals surface area contributed by atoms with Crippen LogP contribution in [-0.4, -0.2) is 30.3 Å². The molecule has 0 saturated heterocycles. The quantitative estimate of drug-likeness (QED) is 0.732. The van der Waals surface area contributed by atoms with E-state index >= 15 is 0 Å². The molecule has 31 heavy (non-hydrogen) atoms. The van der Waals surface area contributed by atoms with Crippen molar-refractivity contribution in [1.29, 1.82) is 0 Å². The van der Waals surface area contributed by atoms with Crippen molar-refractivity contribution in [3.8, 4) is 0 Å². The highest BCUT2D eigenvalue weighted by Crippen LogP contribution is 2.51. The van der Waals surface area contributed by atoms with E-state index in [0.29, 0.717) is 18.4 Å². The number of nitrogens with one attached hydrogen (secondary N) is 1. The predicted molar refractivity (Wildman–Crippen MR) is 113 cm³/mol. The van der Waals surface area contributed by atoms with Gasteiger partial charge in [0.05, 0.1) is 15.7 Å². The fraction of sp³-hybridized carbons (Fsp3) is 0.435. The normalized spacial score (nSPS) is 27.8. The van der Waals surface area contributed by atoms with E-state index < -0.39 is 38.2 Å². The third-order valence-corrected chi connectivity index (χ3v) is 9.30. The number of amides is 1. The second-order valence-corrected chi connectivity index (χ2v) is 11.1. The van der Waals surface area contributed by atoms with Crippen LogP contribution >= 0.6 is 0 Å². The Labute approximate surface area is 180 Å². The monoisotopic (exact) mass is 449 g/mol. The van der Waals surface area contributed by atoms with Crippen LogP contribution in [0.15, 0.2) is 41.3 Å². The van der Waals surface area contributed by atoms with E-state index in [0.717, 1.165) is 25.0 Å². The topological polar surface area (TPSA) is 83.5 Å². The summed E-state index contributed by atoms with van der Waals surface area (Å²) in [4.78, 5) is 12.7. The van der Waals surface area contributed by atoms with E-state index in [2.05, 4.69) is 5.32 Å². The summed E-state index contributed by atoms with van der Waals surface area (Å²) in [5.41, 5.74) is -0.110. The number of aliphatic hydroxyl groups is 1. The molecule has 2 saturated carbocycles. The molecule has 3 unspecified atom stereocenters. The lowest BCUT2D eigenvalue weighted by Gasteiger charge is -2.40. The summed E-state index contributed by atoms with van der Waals surface area (Å²) >= 11 is 0. The van der Waals surface area contributed by atoms with E-state index in [1.807, 2.05) is 0 Å². The number of rotatable bonds is 4. The van der Waals surface area contributed by atoms with Crippen molar-refractivity contribution < 1.29 is 27.1 Å². The number of hydrogen-bond donors (Lipinski definition) is 2. The van der Waals surface area contributed by atoms with E-state index in [1.54, 1.807) is 19.9 Å². The molecule has 2 aromatic carbocycles. The Morgan fingerprint density at radius 3 is 2.32 bits per heavy atom. The maximum atomic E-state index is 13.4. The van der Waals surface area contributed by atoms with Gasteiger partial charge < -0.3 is 10.4 Å². The summed E-state index contributed by atoms with van der Waals surface area (Å²) in [6.45, 7) is 3.48. The van der Waals surface area contributed by atoms with Gasteiger partial charge in [-0.25, -0.2) is 17.2 Å². The van der Waals surface area contributed by atoms with Crippen molar-refractivity contribution in [2.75, 3.05) is 5.32 Å². The van der Waals surface area contributed by atoms with E-state index in [4.69, 9.17) is 0 Å². The lowest BCUT2D eigenvalue weighted by Crippen LogP contribution is -2.45. The first-order valence-corrected chi connectivity index (χ1v) is 11.9. The standard InChI is InChI=1S/C23H25F2NO4S/c1-13-3-4-14(22(27)26-17-7-8-19(24)20(25)12-17)9-21(13)31(29,30)18-10-15-5-6-16(11-18)23(15,2)28/h3-4,7-9,12,15-16,18,28H,5-6,10-11H2,1-2H3,(H,26,27)/t15-,16?,18?,23?/m0/s1. The van der Waals surface area contributed by atoms with Crippen LogP contribution in [-0.2, 0) is 9.84 Å². The molecule has 2 aliphatic rings. The zero-order chi connectivity index (χ0) is 22.6. The minimum atomic E-state index is -3.71. The van der Waals surface area contributed by atoms with Gasteiger partial charge in [-0.1, -0.05) is 6.07 Å². The molecule has 0 aliphatic heterocycles. The fourth-order valence-electron chi connectivity index (χ4n) is 5.02. The molecule has 5 nitrogen and oxygen atoms in total. The number of benzene rings is 2. The summed E-state index contributed by atoms with van der Waals surface area (Å²) in [5, 5.41) is 12.5. The first-order chi connectivity index (χ1) is 14.5. The molecule has 2 aromatic rings. The fourth-order valence-corrected chi connectivity index (χ4v) is 7.16. The Balaban J connectivity index is 1.60. The number of carbonyl (C=O) groups excluding carboxylic acids is 1. The average molecular weight is 450 g/mol. The van der Waals surface area contributed by atoms with Gasteiger partial charge in [-0.15, -0.1) is 0 Å². The lowest BCUT2D eigenvalue weighted by atomic mass is 9.76. The van der Waals surface area contributed by atoms with Gasteiger partial charge in [0.15, 0.2) is 21.5 Å². The third-order valence-electron chi connectivity index (χ3n) is 6.98. The second kappa shape index (κ2) is 7.67. The largest absolute Gasteiger partial charge is 0.390 e. The Hall–Kier alpha value is -2.32. The number of sulfone groups is 1. The molecule has 2 aliphatic carbocycles. The Kier molecular flexibility index (Phi) is 5.42. The minimum Gasteiger partial charge on any atom is -0.390 e. The first-order valence-electron chi connectivity index (χ1n) is 10.3. The molecule has 0 aromatic heterocycles. The van der Waals surface area contributed by atoms with Gasteiger partial charge in [-0.05, 0) is 81.2 Å². The molecule has 2 N–H and O–H groups in total. The van der Waals surface area contributed by atoms with Crippen LogP contribution in [0.5, 0.6) is 0 Å². The summed E-state index contributed by atoms with van der Waals surface area (Å²) in [6.07, 6.45) is 2.44. The summed E-state index contributed by atoms with van der Waals surface area (Å²) < 4.78 is 53.4. The Morgan fingerprint density at radius 2 is 1.71 bits per heavy atom. The molecule has 166 valence electrons. The first kappa shape index (κ1) is 21.9. The summed E-state index contributed by atoms with van der Waals surface area (Å²) in [7, 11) is -3.71. The molecular weight excluding hydrogens is 424 g/mol. The van der Waals surface area contributed by atoms with E-state index in [1.165, 1.54) is 18.2 Å². The molecule has 2 bridgehead atoms. The van der Waals surface area contributed by atoms with Crippen LogP contribution in [0.25, 0.3) is 0 Å². The molecule has 2 fully saturated rings. The Bertz CT molecular complexity index is 1130. The maximum absolute atomic E-state index is 13.4. The second-order valence-electron chi connectivity index (χ2n) is 8.90. The van der Waals surface area contributed by atoms with Gasteiger partial charge >= 0.3 is 0 Å². The van der Waals surface area contributed by atoms with Crippen LogP contribution in [0.1, 0.15) is 48.5 Å². The van der Waals surface area contributed by atoms with Crippen LogP contribution in [0.3, 0.4) is 0 Å². The summed E-state index contributed by atoms with van der Waals surface area (Å²) in [5.74, 6) is -2.83. The summed E-state index contributed by atoms with van der Waals surface area (Å²) in [6, 6.07) is 7.41. The molecule has 0 heterocycles. The number of aryl methyl sites for hydroxylation is 1. The molecule has 1 amide bonds. The van der Waals surface area contributed by atoms with Crippen LogP contribution < -0.4 is 5.32 Å². The van der Waals surface area contributed by atoms with Crippen molar-refractivity contribution in [2.24, 2.45) is 11.8 Å². The van der Waals surface area contributed by atoms with Gasteiger partial charge in [0, 0.05) is 17.3 Å². The maximum Gasteiger partial charge on any atom is 0.255 e. The van der Waals surface area contributed by atoms with Gasteiger partial charge in [-0.2, -0.15) is 0 Å². The van der Waals surface area contributed by atoms with Crippen LogP contribution in [0.2, 0.25) is 0 Å². The molecule has 4 atom stereocenters. The molecule has 0 radical (unpaired) electrons. The smallest absolute Gasteiger partial charge is 0.255 e.